The molecule has 2 aromatic carbocycles. The smallest absolute Gasteiger partial charge is 0.227 e. The van der Waals surface area contributed by atoms with Gasteiger partial charge in [-0.1, -0.05) is 29.8 Å². The number of para-hydroxylation sites is 1. The molecule has 1 N–H and O–H groups in total. The predicted molar refractivity (Wildman–Crippen MR) is 101 cm³/mol. The molecule has 5 rings (SSSR count). The number of carbonyl (C=O) groups is 1. The monoisotopic (exact) mass is 349 g/mol. The van der Waals surface area contributed by atoms with Crippen molar-refractivity contribution in [1.82, 2.24) is 4.98 Å². The normalized spacial score (nSPS) is 16.6. The number of nitrogens with one attached hydrogen (secondary N) is 1. The lowest BCUT2D eigenvalue weighted by Gasteiger charge is -2.17. The second kappa shape index (κ2) is 5.46. The number of aliphatic imine (C=N–C) groups is 1. The van der Waals surface area contributed by atoms with Gasteiger partial charge in [0.05, 0.1) is 28.5 Å². The van der Waals surface area contributed by atoms with Crippen LogP contribution in [0.15, 0.2) is 47.5 Å². The number of hydrogen-bond donors (Lipinski definition) is 1. The third-order valence-electron chi connectivity index (χ3n) is 5.00. The van der Waals surface area contributed by atoms with Gasteiger partial charge in [-0.3, -0.25) is 9.79 Å². The maximum atomic E-state index is 12.1. The van der Waals surface area contributed by atoms with Gasteiger partial charge in [-0.05, 0) is 36.2 Å². The van der Waals surface area contributed by atoms with Gasteiger partial charge in [0.15, 0.2) is 0 Å². The SMILES string of the molecule is O=C1CCCN1c1ccc2c(c1)C(c1cc3cccc(Cl)c3[nH]1)=NC2. The van der Waals surface area contributed by atoms with Gasteiger partial charge in [0.25, 0.3) is 0 Å². The Bertz CT molecular complexity index is 1050. The van der Waals surface area contributed by atoms with Crippen molar-refractivity contribution < 1.29 is 4.79 Å². The third kappa shape index (κ3) is 2.29. The summed E-state index contributed by atoms with van der Waals surface area (Å²) in [5.41, 5.74) is 6.09. The molecule has 0 unspecified atom stereocenters. The van der Waals surface area contributed by atoms with E-state index in [0.717, 1.165) is 46.5 Å². The van der Waals surface area contributed by atoms with Crippen LogP contribution in [0.2, 0.25) is 5.02 Å². The fraction of sp³-hybridized carbons (Fsp3) is 0.200. The van der Waals surface area contributed by atoms with E-state index in [9.17, 15) is 4.79 Å². The highest BCUT2D eigenvalue weighted by atomic mass is 35.5. The van der Waals surface area contributed by atoms with E-state index in [2.05, 4.69) is 23.2 Å². The van der Waals surface area contributed by atoms with Crippen LogP contribution < -0.4 is 4.90 Å². The molecule has 1 saturated heterocycles. The second-order valence-corrected chi connectivity index (χ2v) is 6.95. The van der Waals surface area contributed by atoms with Gasteiger partial charge < -0.3 is 9.88 Å². The lowest BCUT2D eigenvalue weighted by molar-refractivity contribution is -0.117. The third-order valence-corrected chi connectivity index (χ3v) is 5.32. The van der Waals surface area contributed by atoms with Crippen LogP contribution in [0, 0.1) is 0 Å². The second-order valence-electron chi connectivity index (χ2n) is 6.54. The Kier molecular flexibility index (Phi) is 3.22. The van der Waals surface area contributed by atoms with Crippen LogP contribution in [0.25, 0.3) is 10.9 Å². The van der Waals surface area contributed by atoms with Crippen molar-refractivity contribution in [2.24, 2.45) is 4.99 Å². The van der Waals surface area contributed by atoms with E-state index in [0.29, 0.717) is 18.0 Å². The van der Waals surface area contributed by atoms with Crippen LogP contribution in [-0.2, 0) is 11.3 Å². The average Bonchev–Trinajstić information content (AvgIpc) is 3.31. The Morgan fingerprint density at radius 1 is 1.16 bits per heavy atom. The van der Waals surface area contributed by atoms with E-state index in [1.807, 2.05) is 29.2 Å². The minimum atomic E-state index is 0.203. The Morgan fingerprint density at radius 3 is 2.88 bits per heavy atom. The zero-order valence-electron chi connectivity index (χ0n) is 13.6. The summed E-state index contributed by atoms with van der Waals surface area (Å²) in [6.07, 6.45) is 1.57. The first kappa shape index (κ1) is 14.7. The molecule has 124 valence electrons. The van der Waals surface area contributed by atoms with Gasteiger partial charge in [0, 0.05) is 29.6 Å². The van der Waals surface area contributed by atoms with E-state index in [-0.39, 0.29) is 5.91 Å². The molecule has 0 radical (unpaired) electrons. The fourth-order valence-electron chi connectivity index (χ4n) is 3.74. The molecule has 25 heavy (non-hydrogen) atoms. The summed E-state index contributed by atoms with van der Waals surface area (Å²) in [5.74, 6) is 0.203. The lowest BCUT2D eigenvalue weighted by Crippen LogP contribution is -2.23. The standard InChI is InChI=1S/C20H16ClN3O/c21-16-4-1-3-12-9-17(23-19(12)16)20-15-10-14(7-6-13(15)11-22-20)24-8-2-5-18(24)25/h1,3-4,6-7,9-10,23H,2,5,8,11H2. The summed E-state index contributed by atoms with van der Waals surface area (Å²) in [4.78, 5) is 22.1. The number of rotatable bonds is 2. The Morgan fingerprint density at radius 2 is 2.08 bits per heavy atom. The molecule has 1 fully saturated rings. The van der Waals surface area contributed by atoms with Gasteiger partial charge in [-0.25, -0.2) is 0 Å². The number of halogens is 1. The van der Waals surface area contributed by atoms with Crippen molar-refractivity contribution in [1.29, 1.82) is 0 Å². The molecule has 0 saturated carbocycles. The fourth-order valence-corrected chi connectivity index (χ4v) is 3.97. The number of anilines is 1. The van der Waals surface area contributed by atoms with Crippen LogP contribution in [0.3, 0.4) is 0 Å². The summed E-state index contributed by atoms with van der Waals surface area (Å²) in [5, 5.41) is 1.78. The highest BCUT2D eigenvalue weighted by molar-refractivity contribution is 6.35. The van der Waals surface area contributed by atoms with Gasteiger partial charge in [-0.15, -0.1) is 0 Å². The van der Waals surface area contributed by atoms with Crippen LogP contribution in [0.5, 0.6) is 0 Å². The molecule has 4 nitrogen and oxygen atoms in total. The van der Waals surface area contributed by atoms with Gasteiger partial charge in [0.2, 0.25) is 5.91 Å². The first-order chi connectivity index (χ1) is 12.2. The molecule has 3 aromatic rings. The minimum absolute atomic E-state index is 0.203. The molecule has 3 heterocycles. The first-order valence-corrected chi connectivity index (χ1v) is 8.84. The molecule has 2 aliphatic rings. The number of hydrogen-bond acceptors (Lipinski definition) is 2. The molecule has 1 amide bonds. The van der Waals surface area contributed by atoms with Crippen LogP contribution in [0.1, 0.15) is 29.7 Å². The summed E-state index contributed by atoms with van der Waals surface area (Å²) in [6.45, 7) is 1.47. The van der Waals surface area contributed by atoms with E-state index in [1.54, 1.807) is 0 Å². The molecule has 0 atom stereocenters. The highest BCUT2D eigenvalue weighted by Gasteiger charge is 2.25. The summed E-state index contributed by atoms with van der Waals surface area (Å²) in [6, 6.07) is 14.2. The van der Waals surface area contributed by atoms with Gasteiger partial charge >= 0.3 is 0 Å². The molecule has 0 spiro atoms. The zero-order valence-corrected chi connectivity index (χ0v) is 14.3. The van der Waals surface area contributed by atoms with E-state index in [1.165, 1.54) is 5.56 Å². The van der Waals surface area contributed by atoms with Crippen molar-refractivity contribution in [3.63, 3.8) is 0 Å². The molecular formula is C20H16ClN3O. The number of nitrogens with zero attached hydrogens (tertiary/aromatic N) is 2. The van der Waals surface area contributed by atoms with E-state index < -0.39 is 0 Å². The molecule has 0 bridgehead atoms. The van der Waals surface area contributed by atoms with E-state index in [4.69, 9.17) is 16.6 Å². The Hall–Kier alpha value is -2.59. The predicted octanol–water partition coefficient (Wildman–Crippen LogP) is 4.30. The summed E-state index contributed by atoms with van der Waals surface area (Å²) in [7, 11) is 0. The molecule has 0 aliphatic carbocycles. The Balaban J connectivity index is 1.59. The topological polar surface area (TPSA) is 48.5 Å². The van der Waals surface area contributed by atoms with Gasteiger partial charge in [-0.2, -0.15) is 0 Å². The van der Waals surface area contributed by atoms with Crippen molar-refractivity contribution >= 4 is 39.8 Å². The maximum Gasteiger partial charge on any atom is 0.227 e. The molecule has 2 aliphatic heterocycles. The van der Waals surface area contributed by atoms with Crippen LogP contribution in [-0.4, -0.2) is 23.1 Å². The lowest BCUT2D eigenvalue weighted by atomic mass is 10.0. The summed E-state index contributed by atoms with van der Waals surface area (Å²) >= 11 is 6.29. The van der Waals surface area contributed by atoms with Crippen LogP contribution >= 0.6 is 11.6 Å². The molecule has 5 heteroatoms. The van der Waals surface area contributed by atoms with Crippen molar-refractivity contribution in [3.05, 3.63) is 64.3 Å². The van der Waals surface area contributed by atoms with E-state index >= 15 is 0 Å². The maximum absolute atomic E-state index is 12.1. The Labute approximate surface area is 150 Å². The largest absolute Gasteiger partial charge is 0.352 e. The molecule has 1 aromatic heterocycles. The van der Waals surface area contributed by atoms with Gasteiger partial charge in [0.1, 0.15) is 0 Å². The van der Waals surface area contributed by atoms with Crippen molar-refractivity contribution in [2.45, 2.75) is 19.4 Å². The summed E-state index contributed by atoms with van der Waals surface area (Å²) < 4.78 is 0. The number of H-pyrrole nitrogens is 1. The zero-order chi connectivity index (χ0) is 17.0. The average molecular weight is 350 g/mol. The molecular weight excluding hydrogens is 334 g/mol. The quantitative estimate of drug-likeness (QED) is 0.736. The first-order valence-electron chi connectivity index (χ1n) is 8.46. The van der Waals surface area contributed by atoms with Crippen molar-refractivity contribution in [2.75, 3.05) is 11.4 Å². The number of amides is 1. The number of aromatic nitrogens is 1. The van der Waals surface area contributed by atoms with Crippen molar-refractivity contribution in [3.8, 4) is 0 Å². The number of carbonyl (C=O) groups excluding carboxylic acids is 1. The number of aromatic amines is 1. The van der Waals surface area contributed by atoms with Crippen LogP contribution in [0.4, 0.5) is 5.69 Å². The minimum Gasteiger partial charge on any atom is -0.352 e. The number of benzene rings is 2. The number of fused-ring (bicyclic) bond motifs is 2. The highest BCUT2D eigenvalue weighted by Crippen LogP contribution is 2.31.